The Kier molecular flexibility index (Phi) is 5.97. The van der Waals surface area contributed by atoms with Crippen LogP contribution in [0.2, 0.25) is 0 Å². The topological polar surface area (TPSA) is 170 Å². The first kappa shape index (κ1) is 19.8. The lowest BCUT2D eigenvalue weighted by atomic mass is 10.1. The highest BCUT2D eigenvalue weighted by Crippen LogP contribution is 2.25. The van der Waals surface area contributed by atoms with E-state index < -0.39 is 43.7 Å². The monoisotopic (exact) mass is 367 g/mol. The molecule has 0 spiro atoms. The van der Waals surface area contributed by atoms with Crippen LogP contribution in [0.15, 0.2) is 34.4 Å². The van der Waals surface area contributed by atoms with E-state index in [9.17, 15) is 28.1 Å². The number of benzene rings is 1. The van der Waals surface area contributed by atoms with Crippen molar-refractivity contribution in [2.45, 2.75) is 11.8 Å². The van der Waals surface area contributed by atoms with E-state index in [-0.39, 0.29) is 16.8 Å². The highest BCUT2D eigenvalue weighted by atomic mass is 32.2. The molecule has 11 heteroatoms. The summed E-state index contributed by atoms with van der Waals surface area (Å²) in [6.07, 6.45) is 0.789. The number of nitrogens with two attached hydrogens (primary N) is 1. The number of ether oxygens (including phenoxy) is 1. The predicted molar refractivity (Wildman–Crippen MR) is 84.0 cm³/mol. The fourth-order valence-electron chi connectivity index (χ4n) is 1.76. The van der Waals surface area contributed by atoms with E-state index in [0.29, 0.717) is 0 Å². The minimum Gasteiger partial charge on any atom is -0.454 e. The summed E-state index contributed by atoms with van der Waals surface area (Å²) in [5, 5.41) is 19.8. The number of nitro benzene ring substituents is 1. The molecule has 1 aromatic rings. The van der Waals surface area contributed by atoms with Gasteiger partial charge in [0.2, 0.25) is 5.78 Å². The third-order valence-electron chi connectivity index (χ3n) is 2.91. The van der Waals surface area contributed by atoms with Crippen molar-refractivity contribution in [2.24, 2.45) is 5.73 Å². The van der Waals surface area contributed by atoms with Gasteiger partial charge in [0.25, 0.3) is 5.69 Å². The number of esters is 1. The summed E-state index contributed by atoms with van der Waals surface area (Å²) in [6.45, 7) is 0.531. The number of nitrogens with zero attached hydrogens (tertiary/aromatic N) is 2. The number of rotatable bonds is 6. The number of sulfone groups is 1. The van der Waals surface area contributed by atoms with Gasteiger partial charge in [-0.25, -0.2) is 13.2 Å². The van der Waals surface area contributed by atoms with E-state index in [1.165, 1.54) is 6.92 Å². The summed E-state index contributed by atoms with van der Waals surface area (Å²) in [5.41, 5.74) is 3.81. The van der Waals surface area contributed by atoms with Crippen LogP contribution < -0.4 is 5.73 Å². The lowest BCUT2D eigenvalue weighted by Crippen LogP contribution is -2.18. The minimum absolute atomic E-state index is 0.0447. The first-order valence-electron chi connectivity index (χ1n) is 6.54. The maximum absolute atomic E-state index is 11.9. The molecule has 0 saturated heterocycles. The van der Waals surface area contributed by atoms with Crippen LogP contribution in [0.3, 0.4) is 0 Å². The van der Waals surface area contributed by atoms with Crippen molar-refractivity contribution in [2.75, 3.05) is 12.9 Å². The minimum atomic E-state index is -3.87. The maximum atomic E-state index is 11.9. The van der Waals surface area contributed by atoms with Gasteiger partial charge < -0.3 is 10.5 Å². The molecular formula is C14H13N3O7S. The number of ketones is 1. The second kappa shape index (κ2) is 7.54. The van der Waals surface area contributed by atoms with Gasteiger partial charge in [-0.1, -0.05) is 0 Å². The van der Waals surface area contributed by atoms with Crippen molar-refractivity contribution in [3.63, 3.8) is 0 Å². The summed E-state index contributed by atoms with van der Waals surface area (Å²) in [5.74, 6) is -1.93. The molecular weight excluding hydrogens is 354 g/mol. The third kappa shape index (κ3) is 4.85. The molecule has 2 N–H and O–H groups in total. The van der Waals surface area contributed by atoms with E-state index in [1.54, 1.807) is 6.07 Å². The summed E-state index contributed by atoms with van der Waals surface area (Å²) >= 11 is 0. The Balaban J connectivity index is 3.07. The Hall–Kier alpha value is -3.26. The second-order valence-electron chi connectivity index (χ2n) is 4.88. The van der Waals surface area contributed by atoms with E-state index in [0.717, 1.165) is 24.5 Å². The fraction of sp³-hybridized carbons (Fsp3) is 0.214. The molecule has 0 saturated carbocycles. The van der Waals surface area contributed by atoms with Crippen LogP contribution in [0.5, 0.6) is 0 Å². The van der Waals surface area contributed by atoms with Gasteiger partial charge in [-0.3, -0.25) is 14.9 Å². The average molecular weight is 367 g/mol. The quantitative estimate of drug-likeness (QED) is 0.247. The Morgan fingerprint density at radius 3 is 2.44 bits per heavy atom. The van der Waals surface area contributed by atoms with Crippen molar-refractivity contribution in [1.82, 2.24) is 0 Å². The molecule has 0 amide bonds. The molecule has 0 aromatic heterocycles. The van der Waals surface area contributed by atoms with Gasteiger partial charge in [0.05, 0.1) is 10.5 Å². The standard InChI is InChI=1S/C14H13N3O7S/c1-8(16)10(6-15)12(18)7-24-14(19)9-3-4-13(25(2,22)23)11(5-9)17(20)21/h3-5H,7,16H2,1-2H3/b10-8-. The van der Waals surface area contributed by atoms with Gasteiger partial charge in [-0.2, -0.15) is 5.26 Å². The van der Waals surface area contributed by atoms with Crippen molar-refractivity contribution in [1.29, 1.82) is 5.26 Å². The molecule has 1 aromatic carbocycles. The Morgan fingerprint density at radius 2 is 2.00 bits per heavy atom. The van der Waals surface area contributed by atoms with E-state index in [4.69, 9.17) is 11.0 Å². The lowest BCUT2D eigenvalue weighted by Gasteiger charge is -2.06. The number of hydrogen-bond acceptors (Lipinski definition) is 9. The molecule has 0 atom stereocenters. The van der Waals surface area contributed by atoms with Gasteiger partial charge in [-0.05, 0) is 19.1 Å². The van der Waals surface area contributed by atoms with Crippen LogP contribution in [-0.4, -0.2) is 38.0 Å². The first-order chi connectivity index (χ1) is 11.5. The van der Waals surface area contributed by atoms with Crippen molar-refractivity contribution in [3.8, 4) is 6.07 Å². The van der Waals surface area contributed by atoms with Gasteiger partial charge >= 0.3 is 5.97 Å². The summed E-state index contributed by atoms with van der Waals surface area (Å²) in [7, 11) is -3.87. The van der Waals surface area contributed by atoms with Crippen LogP contribution in [0, 0.1) is 21.4 Å². The largest absolute Gasteiger partial charge is 0.454 e. The highest BCUT2D eigenvalue weighted by molar-refractivity contribution is 7.90. The molecule has 0 aliphatic carbocycles. The Bertz CT molecular complexity index is 922. The molecule has 0 bridgehead atoms. The van der Waals surface area contributed by atoms with Crippen molar-refractivity contribution < 1.29 is 27.7 Å². The lowest BCUT2D eigenvalue weighted by molar-refractivity contribution is -0.387. The van der Waals surface area contributed by atoms with E-state index in [2.05, 4.69) is 4.74 Å². The summed E-state index contributed by atoms with van der Waals surface area (Å²) < 4.78 is 27.7. The number of nitro groups is 1. The maximum Gasteiger partial charge on any atom is 0.338 e. The van der Waals surface area contributed by atoms with Crippen LogP contribution >= 0.6 is 0 Å². The zero-order valence-electron chi connectivity index (χ0n) is 13.2. The number of hydrogen-bond donors (Lipinski definition) is 1. The molecule has 25 heavy (non-hydrogen) atoms. The highest BCUT2D eigenvalue weighted by Gasteiger charge is 2.25. The average Bonchev–Trinajstić information content (AvgIpc) is 2.51. The molecule has 10 nitrogen and oxygen atoms in total. The van der Waals surface area contributed by atoms with Crippen LogP contribution in [-0.2, 0) is 19.4 Å². The molecule has 0 fully saturated rings. The fourth-order valence-corrected chi connectivity index (χ4v) is 2.59. The van der Waals surface area contributed by atoms with Gasteiger partial charge in [0.15, 0.2) is 16.4 Å². The van der Waals surface area contributed by atoms with Crippen molar-refractivity contribution in [3.05, 3.63) is 45.1 Å². The number of allylic oxidation sites excluding steroid dienone is 1. The van der Waals surface area contributed by atoms with Crippen molar-refractivity contribution >= 4 is 27.3 Å². The number of carbonyl (C=O) groups is 2. The zero-order valence-corrected chi connectivity index (χ0v) is 14.0. The summed E-state index contributed by atoms with van der Waals surface area (Å²) in [6, 6.07) is 4.22. The van der Waals surface area contributed by atoms with Gasteiger partial charge in [0.1, 0.15) is 16.5 Å². The number of Topliss-reactive ketones (excluding diaryl/α,β-unsaturated/α-hetero) is 1. The first-order valence-corrected chi connectivity index (χ1v) is 8.43. The predicted octanol–water partition coefficient (Wildman–Crippen LogP) is 0.480. The second-order valence-corrected chi connectivity index (χ2v) is 6.87. The van der Waals surface area contributed by atoms with Crippen LogP contribution in [0.25, 0.3) is 0 Å². The summed E-state index contributed by atoms with van der Waals surface area (Å²) in [4.78, 5) is 33.1. The molecule has 0 aliphatic heterocycles. The zero-order chi connectivity index (χ0) is 19.4. The molecule has 0 heterocycles. The molecule has 1 rings (SSSR count). The number of nitriles is 1. The van der Waals surface area contributed by atoms with Gasteiger partial charge in [0, 0.05) is 18.0 Å². The SMILES string of the molecule is C/C(N)=C(\C#N)C(=O)COC(=O)c1ccc(S(C)(=O)=O)c([N+](=O)[O-])c1. The Morgan fingerprint density at radius 1 is 1.40 bits per heavy atom. The van der Waals surface area contributed by atoms with E-state index >= 15 is 0 Å². The molecule has 0 unspecified atom stereocenters. The third-order valence-corrected chi connectivity index (χ3v) is 4.05. The normalized spacial score (nSPS) is 11.9. The Labute approximate surface area is 142 Å². The molecule has 132 valence electrons. The van der Waals surface area contributed by atoms with E-state index in [1.807, 2.05) is 0 Å². The van der Waals surface area contributed by atoms with Gasteiger partial charge in [-0.15, -0.1) is 0 Å². The number of carbonyl (C=O) groups excluding carboxylic acids is 2. The molecule has 0 aliphatic rings. The van der Waals surface area contributed by atoms with Crippen LogP contribution in [0.1, 0.15) is 17.3 Å². The van der Waals surface area contributed by atoms with Crippen LogP contribution in [0.4, 0.5) is 5.69 Å². The smallest absolute Gasteiger partial charge is 0.338 e. The molecule has 0 radical (unpaired) electrons.